The van der Waals surface area contributed by atoms with E-state index < -0.39 is 0 Å². The standard InChI is InChI=1S/C23H20FN3OS2/c1-14-20(30-21(25-14)15-8-10-17(24)11-9-15)23(28)27-12-4-5-16(13-27)22-26-18-6-2-3-7-19(18)29-22/h2-3,6-11,16H,4-5,12-13H2,1H3/t16-/m0/s1. The van der Waals surface area contributed by atoms with Crippen LogP contribution in [-0.2, 0) is 0 Å². The third-order valence-corrected chi connectivity index (χ3v) is 7.84. The summed E-state index contributed by atoms with van der Waals surface area (Å²) in [5, 5.41) is 1.86. The fourth-order valence-corrected chi connectivity index (χ4v) is 6.02. The highest BCUT2D eigenvalue weighted by molar-refractivity contribution is 7.18. The number of fused-ring (bicyclic) bond motifs is 1. The molecular formula is C23H20FN3OS2. The van der Waals surface area contributed by atoms with Gasteiger partial charge in [-0.3, -0.25) is 4.79 Å². The van der Waals surface area contributed by atoms with Gasteiger partial charge in [-0.15, -0.1) is 22.7 Å². The highest BCUT2D eigenvalue weighted by Crippen LogP contribution is 2.35. The molecule has 7 heteroatoms. The monoisotopic (exact) mass is 437 g/mol. The zero-order valence-electron chi connectivity index (χ0n) is 16.5. The summed E-state index contributed by atoms with van der Waals surface area (Å²) in [6.07, 6.45) is 2.01. The van der Waals surface area contributed by atoms with Crippen molar-refractivity contribution in [2.24, 2.45) is 0 Å². The first-order valence-electron chi connectivity index (χ1n) is 9.96. The molecule has 0 N–H and O–H groups in total. The highest BCUT2D eigenvalue weighted by atomic mass is 32.1. The highest BCUT2D eigenvalue weighted by Gasteiger charge is 2.29. The number of carbonyl (C=O) groups excluding carboxylic acids is 1. The van der Waals surface area contributed by atoms with Crippen molar-refractivity contribution in [3.63, 3.8) is 0 Å². The van der Waals surface area contributed by atoms with E-state index in [-0.39, 0.29) is 17.6 Å². The van der Waals surface area contributed by atoms with Crippen LogP contribution in [0.15, 0.2) is 48.5 Å². The van der Waals surface area contributed by atoms with Gasteiger partial charge in [0, 0.05) is 24.6 Å². The number of piperidine rings is 1. The molecule has 0 saturated carbocycles. The number of halogens is 1. The third-order valence-electron chi connectivity index (χ3n) is 5.45. The molecule has 152 valence electrons. The molecule has 2 aromatic carbocycles. The largest absolute Gasteiger partial charge is 0.337 e. The molecule has 2 aromatic heterocycles. The maximum absolute atomic E-state index is 13.3. The molecule has 0 radical (unpaired) electrons. The number of aryl methyl sites for hydroxylation is 1. The predicted octanol–water partition coefficient (Wildman–Crippen LogP) is 5.89. The van der Waals surface area contributed by atoms with Gasteiger partial charge in [0.15, 0.2) is 0 Å². The smallest absolute Gasteiger partial charge is 0.265 e. The van der Waals surface area contributed by atoms with Crippen molar-refractivity contribution in [1.29, 1.82) is 0 Å². The maximum Gasteiger partial charge on any atom is 0.265 e. The number of hydrogen-bond donors (Lipinski definition) is 0. The normalized spacial score (nSPS) is 16.9. The number of rotatable bonds is 3. The molecule has 0 spiro atoms. The summed E-state index contributed by atoms with van der Waals surface area (Å²) in [4.78, 5) is 25.3. The lowest BCUT2D eigenvalue weighted by Gasteiger charge is -2.31. The SMILES string of the molecule is Cc1nc(-c2ccc(F)cc2)sc1C(=O)N1CCC[C@H](c2nc3ccccc3s2)C1. The van der Waals surface area contributed by atoms with Crippen molar-refractivity contribution < 1.29 is 9.18 Å². The van der Waals surface area contributed by atoms with Crippen LogP contribution in [0, 0.1) is 12.7 Å². The summed E-state index contributed by atoms with van der Waals surface area (Å²) < 4.78 is 14.4. The number of carbonyl (C=O) groups is 1. The van der Waals surface area contributed by atoms with Crippen molar-refractivity contribution in [3.8, 4) is 10.6 Å². The number of nitrogens with zero attached hydrogens (tertiary/aromatic N) is 3. The van der Waals surface area contributed by atoms with Gasteiger partial charge in [0.05, 0.1) is 20.9 Å². The molecule has 1 fully saturated rings. The lowest BCUT2D eigenvalue weighted by molar-refractivity contribution is 0.0711. The van der Waals surface area contributed by atoms with Gasteiger partial charge in [0.25, 0.3) is 5.91 Å². The van der Waals surface area contributed by atoms with E-state index in [9.17, 15) is 9.18 Å². The molecule has 3 heterocycles. The molecule has 1 atom stereocenters. The lowest BCUT2D eigenvalue weighted by Crippen LogP contribution is -2.39. The molecule has 0 unspecified atom stereocenters. The Hall–Kier alpha value is -2.64. The number of amides is 1. The zero-order chi connectivity index (χ0) is 20.7. The van der Waals surface area contributed by atoms with Crippen LogP contribution in [0.3, 0.4) is 0 Å². The van der Waals surface area contributed by atoms with Crippen LogP contribution < -0.4 is 0 Å². The maximum atomic E-state index is 13.3. The fraction of sp³-hybridized carbons (Fsp3) is 0.261. The summed E-state index contributed by atoms with van der Waals surface area (Å²) >= 11 is 3.11. The van der Waals surface area contributed by atoms with E-state index in [1.165, 1.54) is 28.2 Å². The van der Waals surface area contributed by atoms with Gasteiger partial charge in [0.1, 0.15) is 15.7 Å². The molecule has 1 aliphatic rings. The van der Waals surface area contributed by atoms with Crippen LogP contribution in [0.4, 0.5) is 4.39 Å². The second kappa shape index (κ2) is 7.89. The molecule has 0 aliphatic carbocycles. The summed E-state index contributed by atoms with van der Waals surface area (Å²) in [6.45, 7) is 3.30. The van der Waals surface area contributed by atoms with E-state index in [1.807, 2.05) is 30.0 Å². The van der Waals surface area contributed by atoms with E-state index in [0.29, 0.717) is 11.4 Å². The first-order chi connectivity index (χ1) is 14.6. The van der Waals surface area contributed by atoms with Crippen LogP contribution in [0.1, 0.15) is 39.1 Å². The minimum absolute atomic E-state index is 0.0316. The molecule has 1 aliphatic heterocycles. The van der Waals surface area contributed by atoms with Crippen LogP contribution in [-0.4, -0.2) is 33.9 Å². The molecule has 4 nitrogen and oxygen atoms in total. The first kappa shape index (κ1) is 19.3. The molecular weight excluding hydrogens is 417 g/mol. The molecule has 4 aromatic rings. The van der Waals surface area contributed by atoms with Crippen molar-refractivity contribution in [2.75, 3.05) is 13.1 Å². The van der Waals surface area contributed by atoms with Crippen molar-refractivity contribution in [2.45, 2.75) is 25.7 Å². The summed E-state index contributed by atoms with van der Waals surface area (Å²) in [6, 6.07) is 14.4. The quantitative estimate of drug-likeness (QED) is 0.402. The second-order valence-corrected chi connectivity index (χ2v) is 9.61. The van der Waals surface area contributed by atoms with Crippen molar-refractivity contribution in [3.05, 3.63) is 69.9 Å². The van der Waals surface area contributed by atoms with E-state index in [1.54, 1.807) is 23.5 Å². The Morgan fingerprint density at radius 3 is 2.70 bits per heavy atom. The lowest BCUT2D eigenvalue weighted by atomic mass is 9.98. The zero-order valence-corrected chi connectivity index (χ0v) is 18.1. The van der Waals surface area contributed by atoms with Gasteiger partial charge in [-0.05, 0) is 56.2 Å². The summed E-state index contributed by atoms with van der Waals surface area (Å²) in [5.74, 6) is 0.0200. The Kier molecular flexibility index (Phi) is 5.08. The van der Waals surface area contributed by atoms with Crippen LogP contribution in [0.5, 0.6) is 0 Å². The number of thiazole rings is 2. The average Bonchev–Trinajstić information content (AvgIpc) is 3.37. The van der Waals surface area contributed by atoms with Crippen LogP contribution in [0.25, 0.3) is 20.8 Å². The number of para-hydroxylation sites is 1. The Bertz CT molecular complexity index is 1180. The molecule has 30 heavy (non-hydrogen) atoms. The van der Waals surface area contributed by atoms with Gasteiger partial charge in [-0.25, -0.2) is 14.4 Å². The third kappa shape index (κ3) is 3.63. The Morgan fingerprint density at radius 1 is 1.10 bits per heavy atom. The Labute approximate surface area is 182 Å². The number of aromatic nitrogens is 2. The first-order valence-corrected chi connectivity index (χ1v) is 11.6. The minimum Gasteiger partial charge on any atom is -0.337 e. The van der Waals surface area contributed by atoms with Gasteiger partial charge in [0.2, 0.25) is 0 Å². The Morgan fingerprint density at radius 2 is 1.90 bits per heavy atom. The number of benzene rings is 2. The van der Waals surface area contributed by atoms with Crippen molar-refractivity contribution in [1.82, 2.24) is 14.9 Å². The van der Waals surface area contributed by atoms with E-state index >= 15 is 0 Å². The summed E-state index contributed by atoms with van der Waals surface area (Å²) in [7, 11) is 0. The van der Waals surface area contributed by atoms with Gasteiger partial charge >= 0.3 is 0 Å². The molecule has 5 rings (SSSR count). The fourth-order valence-electron chi connectivity index (χ4n) is 3.88. The number of hydrogen-bond acceptors (Lipinski definition) is 5. The van der Waals surface area contributed by atoms with Gasteiger partial charge in [-0.1, -0.05) is 12.1 Å². The molecule has 0 bridgehead atoms. The van der Waals surface area contributed by atoms with Crippen LogP contribution >= 0.6 is 22.7 Å². The van der Waals surface area contributed by atoms with Gasteiger partial charge in [-0.2, -0.15) is 0 Å². The topological polar surface area (TPSA) is 46.1 Å². The number of likely N-dealkylation sites (tertiary alicyclic amines) is 1. The molecule has 1 amide bonds. The van der Waals surface area contributed by atoms with Crippen molar-refractivity contribution >= 4 is 38.8 Å². The van der Waals surface area contributed by atoms with E-state index in [0.717, 1.165) is 46.2 Å². The predicted molar refractivity (Wildman–Crippen MR) is 120 cm³/mol. The average molecular weight is 438 g/mol. The molecule has 1 saturated heterocycles. The Balaban J connectivity index is 1.37. The summed E-state index contributed by atoms with van der Waals surface area (Å²) in [5.41, 5.74) is 2.59. The van der Waals surface area contributed by atoms with Crippen LogP contribution in [0.2, 0.25) is 0 Å². The van der Waals surface area contributed by atoms with Gasteiger partial charge < -0.3 is 4.90 Å². The minimum atomic E-state index is -0.280. The van der Waals surface area contributed by atoms with E-state index in [2.05, 4.69) is 11.1 Å². The second-order valence-electron chi connectivity index (χ2n) is 7.55. The van der Waals surface area contributed by atoms with E-state index in [4.69, 9.17) is 4.98 Å².